The standard InChI is InChI=1S/C23H28N4O3.C21H24N4O2/c1-4-9-25-10-12-26(13-11-25)18-6-8-22-24-19(15-23(28)27(22)16-18)17-5-7-20(29-2)21(14-17)30-3;1-23-10-3-11-24(13-12-23)17-6-9-20-22-19(14-21(26)25(20)15-17)16-4-7-18(27-2)8-5-16/h5-8,14-16H,4,9-13H2,1-3H3;4-9,14-15H,3,10-13H2,1-2H3. The molecule has 0 aliphatic carbocycles. The SMILES string of the molecule is CCCN1CCN(c2ccc3nc(-c4ccc(OC)c(OC)c4)cc(=O)n3c2)CC1.COc1ccc(-c2cc(=O)n3cc(N4CCCN(C)CC4)ccc3n2)cc1. The molecule has 2 aliphatic rings. The summed E-state index contributed by atoms with van der Waals surface area (Å²) in [6.07, 6.45) is 6.11. The van der Waals surface area contributed by atoms with Gasteiger partial charge in [0.25, 0.3) is 11.1 Å². The predicted molar refractivity (Wildman–Crippen MR) is 227 cm³/mol. The molecule has 4 aromatic heterocycles. The Kier molecular flexibility index (Phi) is 12.4. The predicted octanol–water partition coefficient (Wildman–Crippen LogP) is 5.42. The molecule has 2 aliphatic heterocycles. The molecule has 6 heterocycles. The van der Waals surface area contributed by atoms with E-state index in [0.29, 0.717) is 34.2 Å². The van der Waals surface area contributed by atoms with Crippen LogP contribution < -0.4 is 35.1 Å². The number of fused-ring (bicyclic) bond motifs is 2. The number of methoxy groups -OCH3 is 3. The Hall–Kier alpha value is -5.92. The van der Waals surface area contributed by atoms with Crippen LogP contribution in [0.25, 0.3) is 33.8 Å². The topological polar surface area (TPSA) is 109 Å². The lowest BCUT2D eigenvalue weighted by molar-refractivity contribution is 0.258. The Labute approximate surface area is 333 Å². The van der Waals surface area contributed by atoms with Crippen LogP contribution in [0, 0.1) is 0 Å². The van der Waals surface area contributed by atoms with E-state index in [4.69, 9.17) is 19.2 Å². The van der Waals surface area contributed by atoms with Gasteiger partial charge < -0.3 is 28.9 Å². The first-order chi connectivity index (χ1) is 27.8. The molecule has 0 N–H and O–H groups in total. The molecule has 298 valence electrons. The average Bonchev–Trinajstić information content (AvgIpc) is 3.48. The highest BCUT2D eigenvalue weighted by molar-refractivity contribution is 5.66. The van der Waals surface area contributed by atoms with Crippen molar-refractivity contribution in [2.24, 2.45) is 0 Å². The van der Waals surface area contributed by atoms with E-state index in [0.717, 1.165) is 93.6 Å². The Balaban J connectivity index is 0.000000175. The maximum absolute atomic E-state index is 12.9. The number of anilines is 2. The largest absolute Gasteiger partial charge is 0.497 e. The maximum Gasteiger partial charge on any atom is 0.258 e. The number of aromatic nitrogens is 4. The zero-order valence-electron chi connectivity index (χ0n) is 33.6. The number of pyridine rings is 2. The van der Waals surface area contributed by atoms with Crippen molar-refractivity contribution >= 4 is 22.7 Å². The summed E-state index contributed by atoms with van der Waals surface area (Å²) >= 11 is 0. The van der Waals surface area contributed by atoms with Crippen molar-refractivity contribution < 1.29 is 14.2 Å². The zero-order chi connectivity index (χ0) is 39.9. The first-order valence-electron chi connectivity index (χ1n) is 19.6. The molecule has 0 saturated carbocycles. The highest BCUT2D eigenvalue weighted by Gasteiger charge is 2.18. The van der Waals surface area contributed by atoms with Crippen LogP contribution in [0.15, 0.2) is 101 Å². The molecule has 13 nitrogen and oxygen atoms in total. The van der Waals surface area contributed by atoms with Gasteiger partial charge in [-0.2, -0.15) is 0 Å². The van der Waals surface area contributed by atoms with Gasteiger partial charge in [0, 0.05) is 81.5 Å². The molecule has 6 aromatic rings. The molecule has 0 spiro atoms. The number of ether oxygens (including phenoxy) is 3. The Bertz CT molecular complexity index is 2420. The van der Waals surface area contributed by atoms with Crippen molar-refractivity contribution in [1.82, 2.24) is 28.6 Å². The van der Waals surface area contributed by atoms with Crippen LogP contribution in [0.2, 0.25) is 0 Å². The van der Waals surface area contributed by atoms with E-state index in [1.807, 2.05) is 67.0 Å². The summed E-state index contributed by atoms with van der Waals surface area (Å²) in [5.74, 6) is 2.03. The van der Waals surface area contributed by atoms with Crippen LogP contribution in [-0.2, 0) is 0 Å². The minimum atomic E-state index is -0.101. The third kappa shape index (κ3) is 9.05. The zero-order valence-corrected chi connectivity index (χ0v) is 33.6. The summed E-state index contributed by atoms with van der Waals surface area (Å²) < 4.78 is 19.1. The summed E-state index contributed by atoms with van der Waals surface area (Å²) in [6.45, 7) is 11.5. The number of likely N-dealkylation sites (N-methyl/N-ethyl adjacent to an activating group) is 1. The quantitative estimate of drug-likeness (QED) is 0.188. The fourth-order valence-electron chi connectivity index (χ4n) is 7.46. The summed E-state index contributed by atoms with van der Waals surface area (Å²) in [5.41, 5.74) is 6.23. The summed E-state index contributed by atoms with van der Waals surface area (Å²) in [6, 6.07) is 24.2. The Morgan fingerprint density at radius 3 is 1.72 bits per heavy atom. The van der Waals surface area contributed by atoms with Gasteiger partial charge in [0.2, 0.25) is 0 Å². The maximum atomic E-state index is 12.9. The van der Waals surface area contributed by atoms with Gasteiger partial charge in [-0.25, -0.2) is 9.97 Å². The second kappa shape index (κ2) is 17.9. The van der Waals surface area contributed by atoms with Crippen molar-refractivity contribution in [2.75, 3.05) is 97.1 Å². The number of rotatable bonds is 9. The molecule has 2 fully saturated rings. The van der Waals surface area contributed by atoms with Crippen LogP contribution in [0.1, 0.15) is 19.8 Å². The van der Waals surface area contributed by atoms with Gasteiger partial charge in [0.15, 0.2) is 11.5 Å². The number of hydrogen-bond acceptors (Lipinski definition) is 11. The van der Waals surface area contributed by atoms with Crippen LogP contribution in [0.5, 0.6) is 17.2 Å². The van der Waals surface area contributed by atoms with E-state index in [9.17, 15) is 9.59 Å². The minimum Gasteiger partial charge on any atom is -0.497 e. The molecule has 2 saturated heterocycles. The summed E-state index contributed by atoms with van der Waals surface area (Å²) in [5, 5.41) is 0. The average molecular weight is 773 g/mol. The summed E-state index contributed by atoms with van der Waals surface area (Å²) in [4.78, 5) is 44.5. The number of piperazine rings is 1. The second-order valence-electron chi connectivity index (χ2n) is 14.5. The number of nitrogens with zero attached hydrogens (tertiary/aromatic N) is 8. The van der Waals surface area contributed by atoms with Gasteiger partial charge in [-0.1, -0.05) is 6.92 Å². The van der Waals surface area contributed by atoms with E-state index in [1.165, 1.54) is 6.42 Å². The van der Waals surface area contributed by atoms with Gasteiger partial charge >= 0.3 is 0 Å². The number of hydrogen-bond donors (Lipinski definition) is 0. The highest BCUT2D eigenvalue weighted by atomic mass is 16.5. The molecule has 57 heavy (non-hydrogen) atoms. The first kappa shape index (κ1) is 39.3. The molecule has 13 heteroatoms. The molecule has 0 atom stereocenters. The van der Waals surface area contributed by atoms with E-state index in [1.54, 1.807) is 42.3 Å². The second-order valence-corrected chi connectivity index (χ2v) is 14.5. The Morgan fingerprint density at radius 2 is 1.14 bits per heavy atom. The third-order valence-electron chi connectivity index (χ3n) is 10.7. The van der Waals surface area contributed by atoms with Crippen molar-refractivity contribution in [3.63, 3.8) is 0 Å². The van der Waals surface area contributed by atoms with E-state index < -0.39 is 0 Å². The smallest absolute Gasteiger partial charge is 0.258 e. The van der Waals surface area contributed by atoms with Crippen LogP contribution in [0.3, 0.4) is 0 Å². The monoisotopic (exact) mass is 772 g/mol. The van der Waals surface area contributed by atoms with Crippen LogP contribution >= 0.6 is 0 Å². The van der Waals surface area contributed by atoms with Gasteiger partial charge in [-0.05, 0) is 99.7 Å². The van der Waals surface area contributed by atoms with E-state index in [2.05, 4.69) is 50.7 Å². The minimum absolute atomic E-state index is 0.0698. The van der Waals surface area contributed by atoms with Crippen molar-refractivity contribution in [2.45, 2.75) is 19.8 Å². The highest BCUT2D eigenvalue weighted by Crippen LogP contribution is 2.31. The Morgan fingerprint density at radius 1 is 0.579 bits per heavy atom. The van der Waals surface area contributed by atoms with Crippen molar-refractivity contribution in [3.05, 3.63) is 112 Å². The van der Waals surface area contributed by atoms with Crippen molar-refractivity contribution in [3.8, 4) is 39.8 Å². The van der Waals surface area contributed by atoms with Crippen LogP contribution in [-0.4, -0.2) is 116 Å². The number of benzene rings is 2. The summed E-state index contributed by atoms with van der Waals surface area (Å²) in [7, 11) is 6.97. The molecular formula is C44H52N8O5. The molecule has 0 unspecified atom stereocenters. The first-order valence-corrected chi connectivity index (χ1v) is 19.6. The van der Waals surface area contributed by atoms with Gasteiger partial charge in [0.1, 0.15) is 17.0 Å². The van der Waals surface area contributed by atoms with Gasteiger partial charge in [0.05, 0.1) is 44.1 Å². The third-order valence-corrected chi connectivity index (χ3v) is 10.7. The molecule has 0 radical (unpaired) electrons. The molecular weight excluding hydrogens is 721 g/mol. The molecule has 8 rings (SSSR count). The fraction of sp³-hybridized carbons (Fsp3) is 0.364. The molecule has 2 aromatic carbocycles. The van der Waals surface area contributed by atoms with E-state index >= 15 is 0 Å². The molecule has 0 amide bonds. The lowest BCUT2D eigenvalue weighted by Gasteiger charge is -2.35. The van der Waals surface area contributed by atoms with Gasteiger partial charge in [-0.3, -0.25) is 23.3 Å². The van der Waals surface area contributed by atoms with E-state index in [-0.39, 0.29) is 11.1 Å². The van der Waals surface area contributed by atoms with Crippen LogP contribution in [0.4, 0.5) is 11.4 Å². The molecule has 0 bridgehead atoms. The lowest BCUT2D eigenvalue weighted by Crippen LogP contribution is -2.46. The fourth-order valence-corrected chi connectivity index (χ4v) is 7.46. The normalized spacial score (nSPS) is 15.2. The van der Waals surface area contributed by atoms with Gasteiger partial charge in [-0.15, -0.1) is 0 Å². The lowest BCUT2D eigenvalue weighted by atomic mass is 10.1. The van der Waals surface area contributed by atoms with Crippen molar-refractivity contribution in [1.29, 1.82) is 0 Å².